The highest BCUT2D eigenvalue weighted by Gasteiger charge is 2.13. The lowest BCUT2D eigenvalue weighted by atomic mass is 10.2. The molecule has 0 radical (unpaired) electrons. The highest BCUT2D eigenvalue weighted by molar-refractivity contribution is 7.98. The molecule has 1 unspecified atom stereocenters. The molecule has 64 valence electrons. The number of nitroso groups, excluding NO2 is 1. The van der Waals surface area contributed by atoms with Crippen LogP contribution in [-0.4, -0.2) is 6.26 Å². The van der Waals surface area contributed by atoms with Gasteiger partial charge < -0.3 is 0 Å². The highest BCUT2D eigenvalue weighted by atomic mass is 32.2. The SMILES string of the molecule is CSC(N=O)c1ccccc1F. The first-order chi connectivity index (χ1) is 5.79. The van der Waals surface area contributed by atoms with Gasteiger partial charge in [-0.05, 0) is 12.3 Å². The summed E-state index contributed by atoms with van der Waals surface area (Å²) in [6, 6.07) is 6.16. The molecule has 0 aliphatic rings. The summed E-state index contributed by atoms with van der Waals surface area (Å²) >= 11 is 1.22. The van der Waals surface area contributed by atoms with Crippen molar-refractivity contribution in [2.45, 2.75) is 5.37 Å². The Morgan fingerprint density at radius 1 is 1.50 bits per heavy atom. The van der Waals surface area contributed by atoms with E-state index in [2.05, 4.69) is 5.18 Å². The smallest absolute Gasteiger partial charge is 0.165 e. The third-order valence-corrected chi connectivity index (χ3v) is 2.28. The molecule has 1 aromatic carbocycles. The third-order valence-electron chi connectivity index (χ3n) is 1.49. The quantitative estimate of drug-likeness (QED) is 0.677. The molecule has 1 rings (SSSR count). The molecule has 0 bridgehead atoms. The molecule has 0 saturated heterocycles. The molecular weight excluding hydrogens is 177 g/mol. The van der Waals surface area contributed by atoms with E-state index in [1.165, 1.54) is 17.8 Å². The normalized spacial score (nSPS) is 12.5. The van der Waals surface area contributed by atoms with Crippen molar-refractivity contribution in [3.05, 3.63) is 40.6 Å². The first kappa shape index (κ1) is 9.19. The predicted molar refractivity (Wildman–Crippen MR) is 48.5 cm³/mol. The minimum atomic E-state index is -0.633. The van der Waals surface area contributed by atoms with Gasteiger partial charge in [0.05, 0.1) is 0 Å². The molecule has 4 heteroatoms. The lowest BCUT2D eigenvalue weighted by Gasteiger charge is -2.05. The van der Waals surface area contributed by atoms with Crippen LogP contribution in [0, 0.1) is 10.7 Å². The van der Waals surface area contributed by atoms with Crippen molar-refractivity contribution < 1.29 is 4.39 Å². The lowest BCUT2D eigenvalue weighted by molar-refractivity contribution is 0.609. The number of rotatable bonds is 3. The fourth-order valence-electron chi connectivity index (χ4n) is 0.902. The van der Waals surface area contributed by atoms with Gasteiger partial charge in [-0.3, -0.25) is 0 Å². The zero-order valence-corrected chi connectivity index (χ0v) is 7.34. The van der Waals surface area contributed by atoms with E-state index in [0.29, 0.717) is 5.56 Å². The lowest BCUT2D eigenvalue weighted by Crippen LogP contribution is -1.92. The Morgan fingerprint density at radius 3 is 2.67 bits per heavy atom. The number of hydrogen-bond donors (Lipinski definition) is 0. The maximum absolute atomic E-state index is 13.0. The second-order valence-corrected chi connectivity index (χ2v) is 3.13. The van der Waals surface area contributed by atoms with Crippen molar-refractivity contribution >= 4 is 11.8 Å². The van der Waals surface area contributed by atoms with Crippen molar-refractivity contribution in [2.24, 2.45) is 5.18 Å². The summed E-state index contributed by atoms with van der Waals surface area (Å²) in [5, 5.41) is 2.18. The van der Waals surface area contributed by atoms with Crippen molar-refractivity contribution in [3.63, 3.8) is 0 Å². The number of hydrogen-bond acceptors (Lipinski definition) is 3. The van der Waals surface area contributed by atoms with Crippen LogP contribution in [0.4, 0.5) is 4.39 Å². The van der Waals surface area contributed by atoms with E-state index in [-0.39, 0.29) is 5.82 Å². The Labute approximate surface area is 74.1 Å². The summed E-state index contributed by atoms with van der Waals surface area (Å²) in [5.74, 6) is -0.378. The van der Waals surface area contributed by atoms with E-state index in [1.54, 1.807) is 24.5 Å². The van der Waals surface area contributed by atoms with Gasteiger partial charge in [-0.25, -0.2) is 4.39 Å². The Morgan fingerprint density at radius 2 is 2.17 bits per heavy atom. The van der Waals surface area contributed by atoms with Crippen molar-refractivity contribution in [1.29, 1.82) is 0 Å². The van der Waals surface area contributed by atoms with Gasteiger partial charge in [0.15, 0.2) is 5.37 Å². The molecule has 0 aliphatic carbocycles. The molecular formula is C8H8FNOS. The Balaban J connectivity index is 3.00. The van der Waals surface area contributed by atoms with Crippen LogP contribution in [0.1, 0.15) is 10.9 Å². The first-order valence-electron chi connectivity index (χ1n) is 3.39. The number of thioether (sulfide) groups is 1. The molecule has 1 atom stereocenters. The largest absolute Gasteiger partial charge is 0.207 e. The molecule has 0 heterocycles. The van der Waals surface area contributed by atoms with Crippen LogP contribution < -0.4 is 0 Å². The zero-order chi connectivity index (χ0) is 8.97. The molecule has 0 saturated carbocycles. The van der Waals surface area contributed by atoms with Gasteiger partial charge in [0.2, 0.25) is 0 Å². The van der Waals surface area contributed by atoms with Gasteiger partial charge in [-0.2, -0.15) is 0 Å². The summed E-state index contributed by atoms with van der Waals surface area (Å²) in [5.41, 5.74) is 0.347. The van der Waals surface area contributed by atoms with Gasteiger partial charge >= 0.3 is 0 Å². The topological polar surface area (TPSA) is 29.4 Å². The Hall–Kier alpha value is -0.900. The minimum absolute atomic E-state index is 0.347. The van der Waals surface area contributed by atoms with E-state index in [1.807, 2.05) is 0 Å². The van der Waals surface area contributed by atoms with Crippen molar-refractivity contribution in [2.75, 3.05) is 6.26 Å². The summed E-state index contributed by atoms with van der Waals surface area (Å²) in [4.78, 5) is 10.3. The molecule has 0 N–H and O–H groups in total. The molecule has 0 fully saturated rings. The third kappa shape index (κ3) is 1.82. The zero-order valence-electron chi connectivity index (χ0n) is 6.53. The maximum atomic E-state index is 13.0. The number of halogens is 1. The van der Waals surface area contributed by atoms with E-state index in [0.717, 1.165) is 0 Å². The standard InChI is InChI=1S/C8H8FNOS/c1-12-8(10-11)6-4-2-3-5-7(6)9/h2-5,8H,1H3. The highest BCUT2D eigenvalue weighted by Crippen LogP contribution is 2.29. The van der Waals surface area contributed by atoms with Gasteiger partial charge in [0.25, 0.3) is 0 Å². The molecule has 1 aromatic rings. The van der Waals surface area contributed by atoms with Crippen LogP contribution >= 0.6 is 11.8 Å². The van der Waals surface area contributed by atoms with Crippen LogP contribution in [0.25, 0.3) is 0 Å². The predicted octanol–water partition coefficient (Wildman–Crippen LogP) is 2.95. The maximum Gasteiger partial charge on any atom is 0.165 e. The molecule has 0 aromatic heterocycles. The second-order valence-electron chi connectivity index (χ2n) is 2.21. The van der Waals surface area contributed by atoms with Crippen LogP contribution in [0.5, 0.6) is 0 Å². The van der Waals surface area contributed by atoms with E-state index < -0.39 is 5.37 Å². The van der Waals surface area contributed by atoms with E-state index in [4.69, 9.17) is 0 Å². The molecule has 0 aliphatic heterocycles. The van der Waals surface area contributed by atoms with Gasteiger partial charge in [0.1, 0.15) is 5.82 Å². The fourth-order valence-corrected chi connectivity index (χ4v) is 1.43. The average molecular weight is 185 g/mol. The molecule has 0 spiro atoms. The summed E-state index contributed by atoms with van der Waals surface area (Å²) in [7, 11) is 0. The molecule has 2 nitrogen and oxygen atoms in total. The van der Waals surface area contributed by atoms with E-state index >= 15 is 0 Å². The monoisotopic (exact) mass is 185 g/mol. The van der Waals surface area contributed by atoms with Gasteiger partial charge in [-0.15, -0.1) is 16.7 Å². The van der Waals surface area contributed by atoms with Crippen LogP contribution in [-0.2, 0) is 0 Å². The van der Waals surface area contributed by atoms with Crippen molar-refractivity contribution in [1.82, 2.24) is 0 Å². The Bertz CT molecular complexity index is 280. The van der Waals surface area contributed by atoms with Gasteiger partial charge in [-0.1, -0.05) is 23.4 Å². The first-order valence-corrected chi connectivity index (χ1v) is 4.68. The minimum Gasteiger partial charge on any atom is -0.207 e. The summed E-state index contributed by atoms with van der Waals surface area (Å²) in [6.07, 6.45) is 1.72. The number of benzene rings is 1. The Kier molecular flexibility index (Phi) is 3.22. The second kappa shape index (κ2) is 4.21. The van der Waals surface area contributed by atoms with Gasteiger partial charge in [0, 0.05) is 5.56 Å². The molecule has 12 heavy (non-hydrogen) atoms. The van der Waals surface area contributed by atoms with E-state index in [9.17, 15) is 9.30 Å². The van der Waals surface area contributed by atoms with Crippen molar-refractivity contribution in [3.8, 4) is 0 Å². The van der Waals surface area contributed by atoms with Crippen LogP contribution in [0.15, 0.2) is 29.4 Å². The van der Waals surface area contributed by atoms with Crippen LogP contribution in [0.2, 0.25) is 0 Å². The number of nitrogens with zero attached hydrogens (tertiary/aromatic N) is 1. The summed E-state index contributed by atoms with van der Waals surface area (Å²) < 4.78 is 13.0. The van der Waals surface area contributed by atoms with Crippen LogP contribution in [0.3, 0.4) is 0 Å². The summed E-state index contributed by atoms with van der Waals surface area (Å²) in [6.45, 7) is 0. The average Bonchev–Trinajstić information content (AvgIpc) is 2.10. The molecule has 0 amide bonds. The fraction of sp³-hybridized carbons (Fsp3) is 0.250.